The molecule has 0 saturated carbocycles. The first-order valence-corrected chi connectivity index (χ1v) is 4.21. The van der Waals surface area contributed by atoms with Gasteiger partial charge in [0.05, 0.1) is 0 Å². The van der Waals surface area contributed by atoms with Crippen molar-refractivity contribution in [3.8, 4) is 0 Å². The highest BCUT2D eigenvalue weighted by atomic mass is 32.1. The van der Waals surface area contributed by atoms with Gasteiger partial charge in [-0.2, -0.15) is 0 Å². The predicted molar refractivity (Wildman–Crippen MR) is 54.5 cm³/mol. The lowest BCUT2D eigenvalue weighted by Gasteiger charge is -2.04. The average molecular weight is 180 g/mol. The van der Waals surface area contributed by atoms with E-state index in [0.717, 1.165) is 21.9 Å². The van der Waals surface area contributed by atoms with Gasteiger partial charge in [-0.05, 0) is 26.0 Å². The summed E-state index contributed by atoms with van der Waals surface area (Å²) in [5.41, 5.74) is 3.04. The first kappa shape index (κ1) is 9.13. The Labute approximate surface area is 78.0 Å². The molecule has 0 amide bonds. The first-order chi connectivity index (χ1) is 5.63. The number of rotatable bonds is 1. The largest absolute Gasteiger partial charge is 0.379 e. The zero-order valence-electron chi connectivity index (χ0n) is 7.51. The van der Waals surface area contributed by atoms with Crippen molar-refractivity contribution in [2.24, 2.45) is 0 Å². The van der Waals surface area contributed by atoms with E-state index in [0.29, 0.717) is 0 Å². The van der Waals surface area contributed by atoms with E-state index >= 15 is 0 Å². The van der Waals surface area contributed by atoms with E-state index in [9.17, 15) is 0 Å². The van der Waals surface area contributed by atoms with Gasteiger partial charge in [0.1, 0.15) is 4.99 Å². The van der Waals surface area contributed by atoms with E-state index in [4.69, 9.17) is 12.2 Å². The molecule has 0 aromatic carbocycles. The zero-order chi connectivity index (χ0) is 9.14. The van der Waals surface area contributed by atoms with Crippen molar-refractivity contribution >= 4 is 17.2 Å². The molecule has 0 atom stereocenters. The van der Waals surface area contributed by atoms with Gasteiger partial charge in [-0.1, -0.05) is 12.2 Å². The molecule has 1 aromatic heterocycles. The number of pyridine rings is 1. The molecular formula is C9H12N2S. The van der Waals surface area contributed by atoms with Gasteiger partial charge in [0, 0.05) is 24.0 Å². The fraction of sp³-hybridized carbons (Fsp3) is 0.333. The maximum Gasteiger partial charge on any atom is 0.106 e. The standard InChI is InChI=1S/C9H12N2S/c1-6-4-8(9(12)10-3)5-7(2)11-6/h4-5H,1-3H3,(H,10,12). The van der Waals surface area contributed by atoms with Crippen molar-refractivity contribution in [1.82, 2.24) is 10.3 Å². The maximum absolute atomic E-state index is 5.10. The lowest BCUT2D eigenvalue weighted by Crippen LogP contribution is -2.16. The van der Waals surface area contributed by atoms with Gasteiger partial charge < -0.3 is 5.32 Å². The van der Waals surface area contributed by atoms with Crippen LogP contribution in [0, 0.1) is 13.8 Å². The molecule has 0 bridgehead atoms. The van der Waals surface area contributed by atoms with Crippen molar-refractivity contribution in [3.63, 3.8) is 0 Å². The first-order valence-electron chi connectivity index (χ1n) is 3.81. The molecule has 0 aliphatic heterocycles. The Morgan fingerprint density at radius 3 is 2.25 bits per heavy atom. The molecule has 12 heavy (non-hydrogen) atoms. The summed E-state index contributed by atoms with van der Waals surface area (Å²) >= 11 is 5.10. The quantitative estimate of drug-likeness (QED) is 0.664. The molecule has 1 heterocycles. The molecule has 0 fully saturated rings. The number of aryl methyl sites for hydroxylation is 2. The van der Waals surface area contributed by atoms with Crippen LogP contribution in [-0.4, -0.2) is 17.0 Å². The fourth-order valence-corrected chi connectivity index (χ4v) is 1.23. The van der Waals surface area contributed by atoms with E-state index in [2.05, 4.69) is 10.3 Å². The molecule has 0 spiro atoms. The minimum absolute atomic E-state index is 0.767. The molecule has 3 heteroatoms. The van der Waals surface area contributed by atoms with Crippen LogP contribution in [0.3, 0.4) is 0 Å². The molecule has 1 aromatic rings. The van der Waals surface area contributed by atoms with Gasteiger partial charge in [-0.25, -0.2) is 0 Å². The summed E-state index contributed by atoms with van der Waals surface area (Å²) in [5.74, 6) is 0. The third-order valence-corrected chi connectivity index (χ3v) is 2.01. The highest BCUT2D eigenvalue weighted by molar-refractivity contribution is 7.80. The van der Waals surface area contributed by atoms with Crippen LogP contribution < -0.4 is 5.32 Å². The molecule has 2 nitrogen and oxygen atoms in total. The summed E-state index contributed by atoms with van der Waals surface area (Å²) < 4.78 is 0. The average Bonchev–Trinajstić information content (AvgIpc) is 2.01. The number of aromatic nitrogens is 1. The second-order valence-electron chi connectivity index (χ2n) is 2.72. The van der Waals surface area contributed by atoms with E-state index < -0.39 is 0 Å². The summed E-state index contributed by atoms with van der Waals surface area (Å²) in [6.07, 6.45) is 0. The Bertz CT molecular complexity index is 287. The maximum atomic E-state index is 5.10. The summed E-state index contributed by atoms with van der Waals surface area (Å²) in [6, 6.07) is 3.96. The minimum Gasteiger partial charge on any atom is -0.379 e. The van der Waals surface area contributed by atoms with Gasteiger partial charge in [0.25, 0.3) is 0 Å². The number of nitrogens with zero attached hydrogens (tertiary/aromatic N) is 1. The Balaban J connectivity index is 3.08. The predicted octanol–water partition coefficient (Wildman–Crippen LogP) is 1.59. The summed E-state index contributed by atoms with van der Waals surface area (Å²) in [6.45, 7) is 3.93. The molecule has 0 aliphatic rings. The third-order valence-electron chi connectivity index (χ3n) is 1.57. The molecule has 1 rings (SSSR count). The fourth-order valence-electron chi connectivity index (χ4n) is 1.11. The number of hydrogen-bond acceptors (Lipinski definition) is 2. The van der Waals surface area contributed by atoms with Crippen LogP contribution in [0.1, 0.15) is 17.0 Å². The zero-order valence-corrected chi connectivity index (χ0v) is 8.33. The summed E-state index contributed by atoms with van der Waals surface area (Å²) in [4.78, 5) is 5.03. The Kier molecular flexibility index (Phi) is 2.76. The lowest BCUT2D eigenvalue weighted by atomic mass is 10.2. The van der Waals surface area contributed by atoms with Crippen LogP contribution in [-0.2, 0) is 0 Å². The minimum atomic E-state index is 0.767. The van der Waals surface area contributed by atoms with Crippen LogP contribution in [0.15, 0.2) is 12.1 Å². The van der Waals surface area contributed by atoms with Gasteiger partial charge in [-0.15, -0.1) is 0 Å². The van der Waals surface area contributed by atoms with Gasteiger partial charge in [0.15, 0.2) is 0 Å². The van der Waals surface area contributed by atoms with Gasteiger partial charge in [-0.3, -0.25) is 4.98 Å². The topological polar surface area (TPSA) is 24.9 Å². The van der Waals surface area contributed by atoms with Crippen molar-refractivity contribution in [1.29, 1.82) is 0 Å². The summed E-state index contributed by atoms with van der Waals surface area (Å²) in [7, 11) is 1.83. The number of hydrogen-bond donors (Lipinski definition) is 1. The Morgan fingerprint density at radius 1 is 1.33 bits per heavy atom. The summed E-state index contributed by atoms with van der Waals surface area (Å²) in [5, 5.41) is 2.94. The van der Waals surface area contributed by atoms with Crippen molar-refractivity contribution in [2.45, 2.75) is 13.8 Å². The smallest absolute Gasteiger partial charge is 0.106 e. The Morgan fingerprint density at radius 2 is 1.83 bits per heavy atom. The van der Waals surface area contributed by atoms with E-state index in [1.165, 1.54) is 0 Å². The van der Waals surface area contributed by atoms with Crippen molar-refractivity contribution < 1.29 is 0 Å². The SMILES string of the molecule is CNC(=S)c1cc(C)nc(C)c1. The monoisotopic (exact) mass is 180 g/mol. The molecule has 0 saturated heterocycles. The normalized spacial score (nSPS) is 9.58. The molecule has 64 valence electrons. The van der Waals surface area contributed by atoms with E-state index in [1.54, 1.807) is 0 Å². The molecular weight excluding hydrogens is 168 g/mol. The van der Waals surface area contributed by atoms with Crippen LogP contribution in [0.5, 0.6) is 0 Å². The molecule has 0 aliphatic carbocycles. The van der Waals surface area contributed by atoms with Crippen LogP contribution in [0.2, 0.25) is 0 Å². The molecule has 0 radical (unpaired) electrons. The van der Waals surface area contributed by atoms with Crippen molar-refractivity contribution in [2.75, 3.05) is 7.05 Å². The highest BCUT2D eigenvalue weighted by Gasteiger charge is 2.00. The van der Waals surface area contributed by atoms with Crippen LogP contribution >= 0.6 is 12.2 Å². The lowest BCUT2D eigenvalue weighted by molar-refractivity contribution is 1.11. The number of thiocarbonyl (C=S) groups is 1. The van der Waals surface area contributed by atoms with Crippen LogP contribution in [0.25, 0.3) is 0 Å². The second-order valence-corrected chi connectivity index (χ2v) is 3.13. The van der Waals surface area contributed by atoms with Crippen molar-refractivity contribution in [3.05, 3.63) is 29.1 Å². The second kappa shape index (κ2) is 3.63. The van der Waals surface area contributed by atoms with Gasteiger partial charge >= 0.3 is 0 Å². The molecule has 1 N–H and O–H groups in total. The van der Waals surface area contributed by atoms with Gasteiger partial charge in [0.2, 0.25) is 0 Å². The Hall–Kier alpha value is -0.960. The van der Waals surface area contributed by atoms with E-state index in [-0.39, 0.29) is 0 Å². The number of nitrogens with one attached hydrogen (secondary N) is 1. The van der Waals surface area contributed by atoms with E-state index in [1.807, 2.05) is 33.0 Å². The van der Waals surface area contributed by atoms with Crippen LogP contribution in [0.4, 0.5) is 0 Å². The molecule has 0 unspecified atom stereocenters. The highest BCUT2D eigenvalue weighted by Crippen LogP contribution is 2.04. The third kappa shape index (κ3) is 2.01.